The van der Waals surface area contributed by atoms with Gasteiger partial charge in [0.1, 0.15) is 28.2 Å². The SMILES string of the molecule is CCc1c(C#N)c(S[C@@H](C(N)=O)c2ccccc2)nc(N2CCC(N)CC2)c1C#N. The van der Waals surface area contributed by atoms with Crippen LogP contribution in [0.3, 0.4) is 0 Å². The topological polar surface area (TPSA) is 133 Å². The highest BCUT2D eigenvalue weighted by Gasteiger charge is 2.28. The smallest absolute Gasteiger partial charge is 0.235 e. The van der Waals surface area contributed by atoms with E-state index in [-0.39, 0.29) is 6.04 Å². The van der Waals surface area contributed by atoms with Crippen molar-refractivity contribution >= 4 is 23.5 Å². The molecule has 8 heteroatoms. The van der Waals surface area contributed by atoms with E-state index in [4.69, 9.17) is 16.5 Å². The van der Waals surface area contributed by atoms with Crippen LogP contribution in [0.2, 0.25) is 0 Å². The van der Waals surface area contributed by atoms with Gasteiger partial charge in [-0.2, -0.15) is 10.5 Å². The lowest BCUT2D eigenvalue weighted by Gasteiger charge is -2.32. The van der Waals surface area contributed by atoms with Gasteiger partial charge in [-0.25, -0.2) is 4.98 Å². The molecule has 1 aliphatic heterocycles. The molecule has 4 N–H and O–H groups in total. The largest absolute Gasteiger partial charge is 0.368 e. The van der Waals surface area contributed by atoms with Crippen molar-refractivity contribution in [1.29, 1.82) is 10.5 Å². The summed E-state index contributed by atoms with van der Waals surface area (Å²) in [4.78, 5) is 19.0. The number of nitrogens with two attached hydrogens (primary N) is 2. The van der Waals surface area contributed by atoms with Crippen LogP contribution in [0.25, 0.3) is 0 Å². The Bertz CT molecular complexity index is 1000. The van der Waals surface area contributed by atoms with Crippen LogP contribution in [-0.4, -0.2) is 30.0 Å². The lowest BCUT2D eigenvalue weighted by Crippen LogP contribution is -2.40. The van der Waals surface area contributed by atoms with Crippen molar-refractivity contribution in [2.24, 2.45) is 11.5 Å². The second-order valence-electron chi connectivity index (χ2n) is 7.18. The number of carbonyl (C=O) groups is 1. The number of pyridine rings is 1. The monoisotopic (exact) mass is 420 g/mol. The number of amides is 1. The van der Waals surface area contributed by atoms with Crippen LogP contribution in [0.5, 0.6) is 0 Å². The molecule has 2 aromatic rings. The maximum atomic E-state index is 12.2. The minimum Gasteiger partial charge on any atom is -0.368 e. The Morgan fingerprint density at radius 1 is 1.23 bits per heavy atom. The van der Waals surface area contributed by atoms with Crippen molar-refractivity contribution in [2.45, 2.75) is 42.5 Å². The molecule has 1 aromatic carbocycles. The first-order valence-electron chi connectivity index (χ1n) is 9.88. The number of hydrogen-bond acceptors (Lipinski definition) is 7. The predicted molar refractivity (Wildman–Crippen MR) is 117 cm³/mol. The van der Waals surface area contributed by atoms with E-state index >= 15 is 0 Å². The maximum absolute atomic E-state index is 12.2. The average molecular weight is 421 g/mol. The van der Waals surface area contributed by atoms with Crippen molar-refractivity contribution in [3.8, 4) is 12.1 Å². The van der Waals surface area contributed by atoms with Gasteiger partial charge in [0.05, 0.1) is 11.1 Å². The fraction of sp³-hybridized carbons (Fsp3) is 0.364. The lowest BCUT2D eigenvalue weighted by molar-refractivity contribution is -0.117. The van der Waals surface area contributed by atoms with Crippen molar-refractivity contribution in [1.82, 2.24) is 4.98 Å². The van der Waals surface area contributed by atoms with Gasteiger partial charge in [-0.3, -0.25) is 4.79 Å². The molecule has 1 atom stereocenters. The molecule has 30 heavy (non-hydrogen) atoms. The zero-order valence-electron chi connectivity index (χ0n) is 16.8. The third-order valence-corrected chi connectivity index (χ3v) is 6.51. The molecular formula is C22H24N6OS. The fourth-order valence-electron chi connectivity index (χ4n) is 3.64. The molecule has 1 amide bonds. The summed E-state index contributed by atoms with van der Waals surface area (Å²) in [5.74, 6) is 0.0452. The molecule has 7 nitrogen and oxygen atoms in total. The highest BCUT2D eigenvalue weighted by Crippen LogP contribution is 2.39. The summed E-state index contributed by atoms with van der Waals surface area (Å²) in [7, 11) is 0. The summed E-state index contributed by atoms with van der Waals surface area (Å²) < 4.78 is 0. The maximum Gasteiger partial charge on any atom is 0.235 e. The standard InChI is InChI=1S/C22H24N6OS/c1-2-16-17(12-23)21(28-10-8-15(25)9-11-28)27-22(18(16)13-24)30-19(20(26)29)14-6-4-3-5-7-14/h3-7,15,19H,2,8-11,25H2,1H3,(H2,26,29)/t19-/m1/s1. The third-order valence-electron chi connectivity index (χ3n) is 5.25. The van der Waals surface area contributed by atoms with E-state index in [1.807, 2.05) is 42.2 Å². The van der Waals surface area contributed by atoms with Crippen LogP contribution in [0.4, 0.5) is 5.82 Å². The minimum absolute atomic E-state index is 0.141. The normalized spacial score (nSPS) is 15.3. The number of rotatable bonds is 6. The molecule has 3 rings (SSSR count). The van der Waals surface area contributed by atoms with Gasteiger partial charge in [-0.1, -0.05) is 49.0 Å². The van der Waals surface area contributed by atoms with Crippen LogP contribution >= 0.6 is 11.8 Å². The molecule has 0 bridgehead atoms. The number of piperidine rings is 1. The molecule has 2 heterocycles. The summed E-state index contributed by atoms with van der Waals surface area (Å²) in [6.07, 6.45) is 2.13. The van der Waals surface area contributed by atoms with Crippen LogP contribution in [-0.2, 0) is 11.2 Å². The van der Waals surface area contributed by atoms with Crippen molar-refractivity contribution < 1.29 is 4.79 Å². The van der Waals surface area contributed by atoms with E-state index in [2.05, 4.69) is 12.1 Å². The number of primary amides is 1. The van der Waals surface area contributed by atoms with E-state index < -0.39 is 11.2 Å². The van der Waals surface area contributed by atoms with Gasteiger partial charge < -0.3 is 16.4 Å². The lowest BCUT2D eigenvalue weighted by atomic mass is 10.00. The van der Waals surface area contributed by atoms with Crippen LogP contribution in [0.15, 0.2) is 35.4 Å². The number of aromatic nitrogens is 1. The second-order valence-corrected chi connectivity index (χ2v) is 8.28. The van der Waals surface area contributed by atoms with E-state index in [0.29, 0.717) is 47.0 Å². The molecule has 0 radical (unpaired) electrons. The van der Waals surface area contributed by atoms with E-state index in [9.17, 15) is 15.3 Å². The van der Waals surface area contributed by atoms with Gasteiger partial charge in [-0.05, 0) is 30.4 Å². The molecule has 1 fully saturated rings. The van der Waals surface area contributed by atoms with Crippen molar-refractivity contribution in [3.63, 3.8) is 0 Å². The van der Waals surface area contributed by atoms with E-state index in [0.717, 1.165) is 30.2 Å². The first-order valence-corrected chi connectivity index (χ1v) is 10.8. The highest BCUT2D eigenvalue weighted by atomic mass is 32.2. The fourth-order valence-corrected chi connectivity index (χ4v) is 4.70. The zero-order valence-corrected chi connectivity index (χ0v) is 17.7. The van der Waals surface area contributed by atoms with Gasteiger partial charge in [-0.15, -0.1) is 0 Å². The zero-order chi connectivity index (χ0) is 21.7. The summed E-state index contributed by atoms with van der Waals surface area (Å²) in [6.45, 7) is 3.30. The Hall–Kier alpha value is -3.07. The first-order chi connectivity index (χ1) is 14.5. The number of carbonyl (C=O) groups excluding carboxylic acids is 1. The Morgan fingerprint density at radius 3 is 2.40 bits per heavy atom. The Labute approximate surface area is 180 Å². The summed E-state index contributed by atoms with van der Waals surface area (Å²) in [5, 5.41) is 19.4. The molecule has 1 aromatic heterocycles. The van der Waals surface area contributed by atoms with Gasteiger partial charge in [0.2, 0.25) is 5.91 Å². The summed E-state index contributed by atoms with van der Waals surface area (Å²) in [5.41, 5.74) is 13.9. The number of nitrogens with zero attached hydrogens (tertiary/aromatic N) is 4. The second kappa shape index (κ2) is 9.62. The number of anilines is 1. The van der Waals surface area contributed by atoms with Crippen LogP contribution < -0.4 is 16.4 Å². The van der Waals surface area contributed by atoms with Crippen molar-refractivity contribution in [2.75, 3.05) is 18.0 Å². The molecule has 0 saturated carbocycles. The number of thioether (sulfide) groups is 1. The molecule has 1 aliphatic rings. The highest BCUT2D eigenvalue weighted by molar-refractivity contribution is 8.00. The number of hydrogen-bond donors (Lipinski definition) is 2. The molecule has 0 spiro atoms. The Balaban J connectivity index is 2.11. The predicted octanol–water partition coefficient (Wildman–Crippen LogP) is 2.63. The average Bonchev–Trinajstić information content (AvgIpc) is 2.77. The van der Waals surface area contributed by atoms with Gasteiger partial charge >= 0.3 is 0 Å². The molecule has 154 valence electrons. The van der Waals surface area contributed by atoms with Crippen LogP contribution in [0, 0.1) is 22.7 Å². The van der Waals surface area contributed by atoms with Crippen LogP contribution in [0.1, 0.15) is 47.3 Å². The summed E-state index contributed by atoms with van der Waals surface area (Å²) >= 11 is 1.16. The number of nitriles is 2. The Morgan fingerprint density at radius 2 is 1.87 bits per heavy atom. The minimum atomic E-state index is -0.689. The molecule has 0 aliphatic carbocycles. The quantitative estimate of drug-likeness (QED) is 0.686. The summed E-state index contributed by atoms with van der Waals surface area (Å²) in [6, 6.07) is 13.8. The van der Waals surface area contributed by atoms with E-state index in [1.54, 1.807) is 0 Å². The van der Waals surface area contributed by atoms with Gasteiger partial charge in [0.25, 0.3) is 0 Å². The van der Waals surface area contributed by atoms with E-state index in [1.165, 1.54) is 0 Å². The van der Waals surface area contributed by atoms with Gasteiger partial charge in [0.15, 0.2) is 0 Å². The number of benzene rings is 1. The first kappa shape index (κ1) is 21.6. The third kappa shape index (κ3) is 4.40. The Kier molecular flexibility index (Phi) is 6.94. The van der Waals surface area contributed by atoms with Crippen molar-refractivity contribution in [3.05, 3.63) is 52.6 Å². The molecular weight excluding hydrogens is 396 g/mol. The molecule has 1 saturated heterocycles. The van der Waals surface area contributed by atoms with Gasteiger partial charge in [0, 0.05) is 19.1 Å². The molecule has 0 unspecified atom stereocenters.